The topological polar surface area (TPSA) is 524 Å². The van der Waals surface area contributed by atoms with Gasteiger partial charge in [0.05, 0.1) is 44.6 Å². The Balaban J connectivity index is 1.28. The molecule has 0 aliphatic rings. The summed E-state index contributed by atoms with van der Waals surface area (Å²) in [7, 11) is 1.48. The smallest absolute Gasteiger partial charge is 0.245 e. The highest BCUT2D eigenvalue weighted by Crippen LogP contribution is 2.20. The maximum absolute atomic E-state index is 14.5. The number of carbonyl (C=O) groups excluding carboxylic acids is 12. The normalized spacial score (nSPS) is 14.1. The summed E-state index contributed by atoms with van der Waals surface area (Å²) in [5.41, 5.74) is 31.6. The first-order chi connectivity index (χ1) is 45.7. The van der Waals surface area contributed by atoms with E-state index in [1.807, 2.05) is 0 Å². The molecule has 0 fully saturated rings. The van der Waals surface area contributed by atoms with Crippen LogP contribution in [0.15, 0.2) is 120 Å². The first-order valence-corrected chi connectivity index (χ1v) is 31.0. The molecule has 96 heavy (non-hydrogen) atoms. The first-order valence-electron chi connectivity index (χ1n) is 31.0. The van der Waals surface area contributed by atoms with Crippen LogP contribution in [0, 0.1) is 5.92 Å². The second-order valence-corrected chi connectivity index (χ2v) is 23.3. The van der Waals surface area contributed by atoms with E-state index < -0.39 is 158 Å². The summed E-state index contributed by atoms with van der Waals surface area (Å²) in [4.78, 5) is 170. The van der Waals surface area contributed by atoms with Crippen molar-refractivity contribution in [3.63, 3.8) is 0 Å². The van der Waals surface area contributed by atoms with Crippen molar-refractivity contribution in [2.24, 2.45) is 39.6 Å². The van der Waals surface area contributed by atoms with Crippen molar-refractivity contribution in [3.05, 3.63) is 138 Å². The number of aliphatic hydroxyl groups is 1. The number of aromatic nitrogens is 1. The number of phenols is 1. The van der Waals surface area contributed by atoms with Gasteiger partial charge in [-0.05, 0) is 78.5 Å². The van der Waals surface area contributed by atoms with Crippen LogP contribution in [0.5, 0.6) is 5.75 Å². The number of hydrogen-bond acceptors (Lipinski definition) is 17. The molecule has 0 radical (unpaired) electrons. The van der Waals surface area contributed by atoms with Crippen molar-refractivity contribution in [1.82, 2.24) is 58.2 Å². The third kappa shape index (κ3) is 25.6. The molecule has 516 valence electrons. The quantitative estimate of drug-likeness (QED) is 0.0101. The number of carbonyl (C=O) groups is 12. The van der Waals surface area contributed by atoms with Crippen LogP contribution in [-0.2, 0) is 83.2 Å². The number of primary amides is 3. The lowest BCUT2D eigenvalue weighted by Gasteiger charge is -2.26. The summed E-state index contributed by atoms with van der Waals surface area (Å²) in [6, 6.07) is 16.7. The largest absolute Gasteiger partial charge is 0.508 e. The summed E-state index contributed by atoms with van der Waals surface area (Å²) in [5, 5.41) is 46.6. The molecular formula is C65H87N17O14. The van der Waals surface area contributed by atoms with Gasteiger partial charge in [0.1, 0.15) is 48.0 Å². The monoisotopic (exact) mass is 1330 g/mol. The Morgan fingerprint density at radius 2 is 0.990 bits per heavy atom. The molecule has 0 saturated heterocycles. The van der Waals surface area contributed by atoms with Gasteiger partial charge in [-0.3, -0.25) is 62.5 Å². The molecule has 0 unspecified atom stereocenters. The Kier molecular flexibility index (Phi) is 30.4. The van der Waals surface area contributed by atoms with E-state index in [0.717, 1.165) is 5.56 Å². The maximum atomic E-state index is 14.5. The van der Waals surface area contributed by atoms with Crippen LogP contribution in [0.25, 0.3) is 10.9 Å². The van der Waals surface area contributed by atoms with E-state index in [1.165, 1.54) is 31.3 Å². The van der Waals surface area contributed by atoms with Crippen molar-refractivity contribution in [2.75, 3.05) is 33.3 Å². The van der Waals surface area contributed by atoms with E-state index in [2.05, 4.69) is 63.1 Å². The van der Waals surface area contributed by atoms with Gasteiger partial charge >= 0.3 is 0 Å². The Hall–Kier alpha value is -10.8. The van der Waals surface area contributed by atoms with E-state index in [1.54, 1.807) is 105 Å². The summed E-state index contributed by atoms with van der Waals surface area (Å²) in [6.07, 6.45) is -0.0625. The van der Waals surface area contributed by atoms with Gasteiger partial charge < -0.3 is 97.0 Å². The molecule has 0 aliphatic carbocycles. The van der Waals surface area contributed by atoms with Gasteiger partial charge in [-0.1, -0.05) is 105 Å². The number of Topliss-reactive ketones (excluding diaryl/α,β-unsaturated/α-hetero) is 1. The fourth-order valence-corrected chi connectivity index (χ4v) is 10.0. The van der Waals surface area contributed by atoms with Gasteiger partial charge in [0.15, 0.2) is 11.7 Å². The number of aromatic hydroxyl groups is 1. The summed E-state index contributed by atoms with van der Waals surface area (Å²) >= 11 is 0. The number of aliphatic hydroxyl groups excluding tert-OH is 1. The lowest BCUT2D eigenvalue weighted by Crippen LogP contribution is -2.61. The number of nitrogens with two attached hydrogens (primary N) is 5. The number of nitrogens with zero attached hydrogens (tertiary/aromatic N) is 1. The predicted molar refractivity (Wildman–Crippen MR) is 354 cm³/mol. The van der Waals surface area contributed by atoms with E-state index in [0.29, 0.717) is 34.0 Å². The van der Waals surface area contributed by atoms with Crippen LogP contribution in [0.3, 0.4) is 0 Å². The maximum Gasteiger partial charge on any atom is 0.245 e. The number of rotatable bonds is 40. The minimum Gasteiger partial charge on any atom is -0.508 e. The number of fused-ring (bicyclic) bond motifs is 1. The van der Waals surface area contributed by atoms with Crippen molar-refractivity contribution < 1.29 is 67.7 Å². The molecule has 31 nitrogen and oxygen atoms in total. The van der Waals surface area contributed by atoms with Crippen LogP contribution >= 0.6 is 0 Å². The third-order valence-electron chi connectivity index (χ3n) is 15.1. The molecule has 5 rings (SSSR count). The highest BCUT2D eigenvalue weighted by Gasteiger charge is 2.36. The molecule has 0 bridgehead atoms. The second-order valence-electron chi connectivity index (χ2n) is 23.3. The number of ketones is 1. The Morgan fingerprint density at radius 3 is 1.56 bits per heavy atom. The summed E-state index contributed by atoms with van der Waals surface area (Å²) in [6.45, 7) is 1.69. The zero-order valence-electron chi connectivity index (χ0n) is 53.6. The standard InChI is InChI=1S/C65H87N17O14/c1-36(2)25-48(60(92)76-45(19-12-24-73-65(70)71-3)59(91)78-47(57(69)89)28-38-15-8-5-9-16-38)75-56(88)34-72-33-53(85)46(27-37-13-6-4-7-14-37)77-64(96)52(35-83)82-63(95)51(31-55(68)87)81-61(93)49(29-40-32-74-44-18-11-10-17-42(40)44)80-62(94)50(30-54(67)86)79-58(90)43(66)26-39-20-22-41(84)23-21-39/h4-11,13-18,20-23,32,36,43,45-52,72,74,83-84H,12,19,24-31,33-35,66H2,1-3H3,(H2,67,86)(H2,68,87)(H2,69,89)(H,75,88)(H,76,92)(H,77,96)(H,78,91)(H,79,90)(H,80,94)(H,81,93)(H,82,95)(H3,70,71,73)/t43-,45+,46+,47+,48+,49+,50+,51+,52+/m1/s1. The number of para-hydroxylation sites is 1. The first kappa shape index (κ1) is 75.9. The third-order valence-corrected chi connectivity index (χ3v) is 15.1. The molecule has 4 aromatic carbocycles. The highest BCUT2D eigenvalue weighted by molar-refractivity contribution is 6.00. The number of hydrogen-bond donors (Lipinski definition) is 18. The van der Waals surface area contributed by atoms with Crippen LogP contribution < -0.4 is 81.8 Å². The minimum absolute atomic E-state index is 0.0317. The van der Waals surface area contributed by atoms with Crippen molar-refractivity contribution in [2.45, 2.75) is 126 Å². The predicted octanol–water partition coefficient (Wildman–Crippen LogP) is -3.90. The van der Waals surface area contributed by atoms with Gasteiger partial charge in [0, 0.05) is 43.5 Å². The van der Waals surface area contributed by atoms with E-state index in [9.17, 15) is 67.7 Å². The SMILES string of the molecule is CN=C(N)NCCC[C@H](NC(=O)[C@H](CC(C)C)NC(=O)CNCC(=O)[C@H](Cc1ccccc1)NC(=O)[C@H](CO)NC(=O)[C@H](CC(N)=O)NC(=O)[C@H](Cc1c[nH]c2ccccc12)NC(=O)[C@H](CC(N)=O)NC(=O)[C@H](N)Cc1ccc(O)cc1)C(=O)N[C@@H](Cc1ccccc1)C(N)=O. The zero-order valence-corrected chi connectivity index (χ0v) is 53.6. The number of H-pyrrole nitrogens is 1. The van der Waals surface area contributed by atoms with Crippen LogP contribution in [0.1, 0.15) is 68.2 Å². The molecule has 1 aromatic heterocycles. The lowest BCUT2D eigenvalue weighted by molar-refractivity contribution is -0.136. The van der Waals surface area contributed by atoms with Crippen molar-refractivity contribution in [3.8, 4) is 5.75 Å². The number of benzene rings is 4. The number of aromatic amines is 1. The molecule has 11 amide bonds. The summed E-state index contributed by atoms with van der Waals surface area (Å²) < 4.78 is 0. The van der Waals surface area contributed by atoms with E-state index in [-0.39, 0.29) is 62.7 Å². The van der Waals surface area contributed by atoms with Crippen molar-refractivity contribution in [1.29, 1.82) is 0 Å². The molecular weight excluding hydrogens is 1240 g/mol. The molecule has 0 spiro atoms. The fraction of sp³-hybridized carbons (Fsp3) is 0.400. The molecule has 23 N–H and O–H groups in total. The fourth-order valence-electron chi connectivity index (χ4n) is 10.0. The van der Waals surface area contributed by atoms with Gasteiger partial charge in [0.25, 0.3) is 0 Å². The Bertz CT molecular complexity index is 3520. The lowest BCUT2D eigenvalue weighted by atomic mass is 10.0. The van der Waals surface area contributed by atoms with E-state index >= 15 is 0 Å². The van der Waals surface area contributed by atoms with Gasteiger partial charge in [0.2, 0.25) is 65.0 Å². The van der Waals surface area contributed by atoms with Crippen molar-refractivity contribution >= 4 is 87.6 Å². The molecule has 9 atom stereocenters. The Labute approximate surface area is 553 Å². The minimum atomic E-state index is -1.89. The van der Waals surface area contributed by atoms with Crippen LogP contribution in [0.2, 0.25) is 0 Å². The average Bonchev–Trinajstić information content (AvgIpc) is 1.70. The van der Waals surface area contributed by atoms with Crippen LogP contribution in [-0.4, -0.2) is 180 Å². The van der Waals surface area contributed by atoms with E-state index in [4.69, 9.17) is 28.7 Å². The van der Waals surface area contributed by atoms with Gasteiger partial charge in [-0.2, -0.15) is 0 Å². The molecule has 0 aliphatic heterocycles. The molecule has 31 heteroatoms. The van der Waals surface area contributed by atoms with Gasteiger partial charge in [-0.15, -0.1) is 0 Å². The molecule has 0 saturated carbocycles. The van der Waals surface area contributed by atoms with Crippen LogP contribution in [0.4, 0.5) is 0 Å². The highest BCUT2D eigenvalue weighted by atomic mass is 16.3. The molecule has 5 aromatic rings. The number of nitrogens with one attached hydrogen (secondary N) is 11. The number of phenolic OH excluding ortho intramolecular Hbond substituents is 1. The number of amides is 11. The number of guanidine groups is 1. The number of aliphatic imine (C=N–C) groups is 1. The second kappa shape index (κ2) is 38.4. The molecule has 1 heterocycles. The average molecular weight is 1330 g/mol. The Morgan fingerprint density at radius 1 is 0.510 bits per heavy atom. The summed E-state index contributed by atoms with van der Waals surface area (Å²) in [5.74, 6) is -11.3. The van der Waals surface area contributed by atoms with Gasteiger partial charge in [-0.25, -0.2) is 0 Å². The zero-order chi connectivity index (χ0) is 70.4.